The van der Waals surface area contributed by atoms with Gasteiger partial charge in [0, 0.05) is 31.1 Å². The summed E-state index contributed by atoms with van der Waals surface area (Å²) in [6, 6.07) is 0.741. The Kier molecular flexibility index (Phi) is 5.76. The second-order valence-electron chi connectivity index (χ2n) is 5.38. The van der Waals surface area contributed by atoms with Gasteiger partial charge in [0.15, 0.2) is 0 Å². The predicted octanol–water partition coefficient (Wildman–Crippen LogP) is 1.78. The van der Waals surface area contributed by atoms with Crippen LogP contribution >= 0.6 is 11.3 Å². The molecule has 1 N–H and O–H groups in total. The molecular formula is C14H26N4S. The van der Waals surface area contributed by atoms with Gasteiger partial charge in [-0.1, -0.05) is 6.92 Å². The molecule has 0 aliphatic carbocycles. The lowest BCUT2D eigenvalue weighted by Crippen LogP contribution is -2.38. The normalized spacial score (nSPS) is 20.5. The highest BCUT2D eigenvalue weighted by molar-refractivity contribution is 7.09. The van der Waals surface area contributed by atoms with Gasteiger partial charge in [0.25, 0.3) is 0 Å². The van der Waals surface area contributed by atoms with E-state index in [1.165, 1.54) is 36.6 Å². The fourth-order valence-corrected chi connectivity index (χ4v) is 3.67. The summed E-state index contributed by atoms with van der Waals surface area (Å²) in [7, 11) is 4.18. The van der Waals surface area contributed by atoms with Gasteiger partial charge in [0.1, 0.15) is 5.01 Å². The Morgan fingerprint density at radius 2 is 2.42 bits per heavy atom. The van der Waals surface area contributed by atoms with Gasteiger partial charge in [0.05, 0.1) is 5.69 Å². The van der Waals surface area contributed by atoms with Crippen LogP contribution < -0.4 is 5.32 Å². The second kappa shape index (κ2) is 7.33. The Labute approximate surface area is 120 Å². The summed E-state index contributed by atoms with van der Waals surface area (Å²) in [5, 5.41) is 6.52. The maximum absolute atomic E-state index is 4.65. The van der Waals surface area contributed by atoms with Crippen molar-refractivity contribution in [1.29, 1.82) is 0 Å². The molecule has 0 bridgehead atoms. The molecule has 1 aliphatic heterocycles. The number of rotatable bonds is 7. The fourth-order valence-electron chi connectivity index (χ4n) is 2.87. The smallest absolute Gasteiger partial charge is 0.107 e. The lowest BCUT2D eigenvalue weighted by molar-refractivity contribution is 0.194. The Morgan fingerprint density at radius 3 is 3.16 bits per heavy atom. The van der Waals surface area contributed by atoms with Crippen LogP contribution in [0.5, 0.6) is 0 Å². The van der Waals surface area contributed by atoms with Crippen LogP contribution in [-0.4, -0.2) is 54.6 Å². The van der Waals surface area contributed by atoms with Crippen molar-refractivity contribution in [2.24, 2.45) is 0 Å². The number of nitrogens with one attached hydrogen (secondary N) is 1. The molecule has 19 heavy (non-hydrogen) atoms. The first-order valence-corrected chi connectivity index (χ1v) is 8.11. The summed E-state index contributed by atoms with van der Waals surface area (Å²) >= 11 is 1.75. The van der Waals surface area contributed by atoms with Crippen LogP contribution in [0.4, 0.5) is 0 Å². The van der Waals surface area contributed by atoms with E-state index in [0.717, 1.165) is 25.7 Å². The minimum atomic E-state index is 0.741. The van der Waals surface area contributed by atoms with E-state index in [4.69, 9.17) is 0 Å². The standard InChI is InChI=1S/C14H26N4S/c1-4-18-7-5-6-13(18)10-17(3)9-12-11-19-14(16-12)8-15-2/h11,13,15H,4-10H2,1-3H3. The minimum absolute atomic E-state index is 0.741. The SMILES string of the molecule is CCN1CCCC1CN(C)Cc1csc(CNC)n1. The van der Waals surface area contributed by atoms with E-state index in [9.17, 15) is 0 Å². The van der Waals surface area contributed by atoms with Crippen LogP contribution in [0.25, 0.3) is 0 Å². The molecule has 1 unspecified atom stereocenters. The van der Waals surface area contributed by atoms with Gasteiger partial charge in [-0.3, -0.25) is 9.80 Å². The van der Waals surface area contributed by atoms with Crippen LogP contribution in [0.2, 0.25) is 0 Å². The largest absolute Gasteiger partial charge is 0.314 e. The van der Waals surface area contributed by atoms with E-state index in [1.54, 1.807) is 11.3 Å². The molecule has 1 atom stereocenters. The minimum Gasteiger partial charge on any atom is -0.314 e. The molecule has 5 heteroatoms. The van der Waals surface area contributed by atoms with Gasteiger partial charge in [-0.2, -0.15) is 0 Å². The van der Waals surface area contributed by atoms with Crippen LogP contribution in [0.1, 0.15) is 30.5 Å². The lowest BCUT2D eigenvalue weighted by Gasteiger charge is -2.27. The number of nitrogens with zero attached hydrogens (tertiary/aromatic N) is 3. The average molecular weight is 282 g/mol. The van der Waals surface area contributed by atoms with E-state index >= 15 is 0 Å². The first-order valence-electron chi connectivity index (χ1n) is 7.23. The molecule has 0 spiro atoms. The molecule has 0 amide bonds. The first-order chi connectivity index (χ1) is 9.22. The quantitative estimate of drug-likeness (QED) is 0.826. The Bertz CT molecular complexity index is 379. The van der Waals surface area contributed by atoms with Gasteiger partial charge in [-0.05, 0) is 40.0 Å². The zero-order valence-electron chi connectivity index (χ0n) is 12.4. The topological polar surface area (TPSA) is 31.4 Å². The molecule has 0 aromatic carbocycles. The average Bonchev–Trinajstić information content (AvgIpc) is 2.99. The Morgan fingerprint density at radius 1 is 1.58 bits per heavy atom. The second-order valence-corrected chi connectivity index (χ2v) is 6.33. The summed E-state index contributed by atoms with van der Waals surface area (Å²) in [6.07, 6.45) is 2.70. The number of likely N-dealkylation sites (N-methyl/N-ethyl adjacent to an activating group) is 2. The molecule has 4 nitrogen and oxygen atoms in total. The van der Waals surface area contributed by atoms with Gasteiger partial charge < -0.3 is 5.32 Å². The van der Waals surface area contributed by atoms with E-state index in [2.05, 4.69) is 39.5 Å². The summed E-state index contributed by atoms with van der Waals surface area (Å²) in [6.45, 7) is 7.73. The van der Waals surface area contributed by atoms with Gasteiger partial charge in [0.2, 0.25) is 0 Å². The van der Waals surface area contributed by atoms with Crippen molar-refractivity contribution < 1.29 is 0 Å². The third-order valence-corrected chi connectivity index (χ3v) is 4.68. The fraction of sp³-hybridized carbons (Fsp3) is 0.786. The Balaban J connectivity index is 1.81. The molecule has 2 rings (SSSR count). The van der Waals surface area contributed by atoms with E-state index < -0.39 is 0 Å². The molecule has 108 valence electrons. The van der Waals surface area contributed by atoms with Crippen molar-refractivity contribution in [3.8, 4) is 0 Å². The first kappa shape index (κ1) is 14.9. The maximum atomic E-state index is 4.65. The lowest BCUT2D eigenvalue weighted by atomic mass is 10.2. The van der Waals surface area contributed by atoms with Crippen LogP contribution in [0.15, 0.2) is 5.38 Å². The third-order valence-electron chi connectivity index (χ3n) is 3.79. The number of likely N-dealkylation sites (tertiary alicyclic amines) is 1. The van der Waals surface area contributed by atoms with Crippen molar-refractivity contribution in [3.63, 3.8) is 0 Å². The van der Waals surface area contributed by atoms with Crippen molar-refractivity contribution >= 4 is 11.3 Å². The summed E-state index contributed by atoms with van der Waals surface area (Å²) in [5.74, 6) is 0. The monoisotopic (exact) mass is 282 g/mol. The van der Waals surface area contributed by atoms with Gasteiger partial charge in [-0.15, -0.1) is 11.3 Å². The molecular weight excluding hydrogens is 256 g/mol. The number of thiazole rings is 1. The molecule has 1 aromatic heterocycles. The molecule has 1 aliphatic rings. The number of aromatic nitrogens is 1. The highest BCUT2D eigenvalue weighted by Gasteiger charge is 2.24. The molecule has 1 saturated heterocycles. The van der Waals surface area contributed by atoms with Crippen molar-refractivity contribution in [1.82, 2.24) is 20.1 Å². The van der Waals surface area contributed by atoms with Gasteiger partial charge in [-0.25, -0.2) is 4.98 Å². The van der Waals surface area contributed by atoms with E-state index in [-0.39, 0.29) is 0 Å². The van der Waals surface area contributed by atoms with E-state index in [1.807, 2.05) is 7.05 Å². The highest BCUT2D eigenvalue weighted by atomic mass is 32.1. The number of hydrogen-bond acceptors (Lipinski definition) is 5. The number of hydrogen-bond donors (Lipinski definition) is 1. The molecule has 0 radical (unpaired) electrons. The third kappa shape index (κ3) is 4.24. The van der Waals surface area contributed by atoms with Crippen molar-refractivity contribution in [2.45, 2.75) is 38.9 Å². The van der Waals surface area contributed by atoms with Crippen LogP contribution in [0.3, 0.4) is 0 Å². The molecule has 0 saturated carbocycles. The van der Waals surface area contributed by atoms with Crippen LogP contribution in [0, 0.1) is 0 Å². The van der Waals surface area contributed by atoms with Crippen LogP contribution in [-0.2, 0) is 13.1 Å². The molecule has 1 fully saturated rings. The molecule has 1 aromatic rings. The van der Waals surface area contributed by atoms with Crippen molar-refractivity contribution in [2.75, 3.05) is 33.7 Å². The Hall–Kier alpha value is -0.490. The predicted molar refractivity (Wildman–Crippen MR) is 81.5 cm³/mol. The summed E-state index contributed by atoms with van der Waals surface area (Å²) < 4.78 is 0. The zero-order chi connectivity index (χ0) is 13.7. The summed E-state index contributed by atoms with van der Waals surface area (Å²) in [5.41, 5.74) is 1.21. The molecule has 2 heterocycles. The van der Waals surface area contributed by atoms with Gasteiger partial charge >= 0.3 is 0 Å². The van der Waals surface area contributed by atoms with E-state index in [0.29, 0.717) is 0 Å². The highest BCUT2D eigenvalue weighted by Crippen LogP contribution is 2.18. The maximum Gasteiger partial charge on any atom is 0.107 e. The summed E-state index contributed by atoms with van der Waals surface area (Å²) in [4.78, 5) is 9.67. The zero-order valence-corrected chi connectivity index (χ0v) is 13.2. The van der Waals surface area contributed by atoms with Crippen molar-refractivity contribution in [3.05, 3.63) is 16.1 Å².